The van der Waals surface area contributed by atoms with Crippen LogP contribution in [0.4, 0.5) is 11.4 Å². The van der Waals surface area contributed by atoms with Gasteiger partial charge < -0.3 is 10.0 Å². The predicted octanol–water partition coefficient (Wildman–Crippen LogP) is 0.202. The van der Waals surface area contributed by atoms with Gasteiger partial charge in [-0.15, -0.1) is 10.2 Å². The van der Waals surface area contributed by atoms with Crippen LogP contribution in [0.5, 0.6) is 5.75 Å². The maximum absolute atomic E-state index is 10.5. The summed E-state index contributed by atoms with van der Waals surface area (Å²) in [5.74, 6) is 0.322. The van der Waals surface area contributed by atoms with E-state index in [4.69, 9.17) is 18.6 Å². The van der Waals surface area contributed by atoms with Crippen molar-refractivity contribution in [2.75, 3.05) is 25.0 Å². The van der Waals surface area contributed by atoms with Gasteiger partial charge in [0.2, 0.25) is 5.69 Å². The monoisotopic (exact) mass is 448 g/mol. The number of phenols is 1. The quantitative estimate of drug-likeness (QED) is 0.653. The van der Waals surface area contributed by atoms with Gasteiger partial charge in [0.1, 0.15) is 12.8 Å². The normalized spacial score (nSPS) is 15.0. The zero-order chi connectivity index (χ0) is 23.4. The van der Waals surface area contributed by atoms with Gasteiger partial charge in [-0.1, -0.05) is 18.2 Å². The third-order valence-corrected chi connectivity index (χ3v) is 5.50. The molecule has 0 saturated carbocycles. The molecule has 0 bridgehead atoms. The Morgan fingerprint density at radius 2 is 1.58 bits per heavy atom. The summed E-state index contributed by atoms with van der Waals surface area (Å²) >= 11 is 0. The highest BCUT2D eigenvalue weighted by atomic mass is 35.7. The lowest BCUT2D eigenvalue weighted by molar-refractivity contribution is -2.00. The standard InChI is InChI=1S/C23H28N2O.ClHO4/c1-6-25(7-2)18-14-12-17(21(26)16-18)13-15-22-23(3,4)19-10-8-9-11-20(19)24(22)5;2-1(3,4)5/h8-16H,6-7H2,1-5H3;(H,2,3,4,5). The lowest BCUT2D eigenvalue weighted by Crippen LogP contribution is -2.68. The third-order valence-electron chi connectivity index (χ3n) is 5.50. The number of nitrogens with zero attached hydrogens (tertiary/aromatic N) is 2. The summed E-state index contributed by atoms with van der Waals surface area (Å²) in [6, 6.07) is 14.5. The lowest BCUT2D eigenvalue weighted by atomic mass is 9.81. The van der Waals surface area contributed by atoms with E-state index < -0.39 is 10.2 Å². The fourth-order valence-corrected chi connectivity index (χ4v) is 3.93. The van der Waals surface area contributed by atoms with E-state index in [1.165, 1.54) is 17.0 Å². The number of anilines is 1. The first-order valence-corrected chi connectivity index (χ1v) is 11.2. The molecule has 0 aromatic heterocycles. The van der Waals surface area contributed by atoms with Gasteiger partial charge in [0.05, 0.1) is 5.41 Å². The Bertz CT molecular complexity index is 970. The average molecular weight is 449 g/mol. The molecule has 0 fully saturated rings. The van der Waals surface area contributed by atoms with Crippen molar-refractivity contribution in [1.82, 2.24) is 0 Å². The lowest BCUT2D eigenvalue weighted by Gasteiger charge is -2.21. The van der Waals surface area contributed by atoms with Gasteiger partial charge in [0.15, 0.2) is 5.71 Å². The molecule has 0 atom stereocenters. The number of hydrogen-bond donors (Lipinski definition) is 1. The van der Waals surface area contributed by atoms with Crippen LogP contribution in [0.15, 0.2) is 48.5 Å². The van der Waals surface area contributed by atoms with Crippen molar-refractivity contribution in [3.63, 3.8) is 0 Å². The van der Waals surface area contributed by atoms with Crippen LogP contribution in [-0.2, 0) is 5.41 Å². The Morgan fingerprint density at radius 1 is 1.00 bits per heavy atom. The molecule has 0 aliphatic carbocycles. The van der Waals surface area contributed by atoms with Crippen molar-refractivity contribution >= 4 is 23.2 Å². The zero-order valence-electron chi connectivity index (χ0n) is 18.5. The smallest absolute Gasteiger partial charge is 0.209 e. The van der Waals surface area contributed by atoms with Crippen molar-refractivity contribution in [1.29, 1.82) is 0 Å². The van der Waals surface area contributed by atoms with Crippen LogP contribution in [0.1, 0.15) is 38.8 Å². The van der Waals surface area contributed by atoms with Crippen LogP contribution in [0.2, 0.25) is 0 Å². The molecule has 1 aliphatic heterocycles. The molecule has 1 aliphatic rings. The number of benzene rings is 2. The van der Waals surface area contributed by atoms with E-state index in [1.54, 1.807) is 0 Å². The number of phenolic OH excluding ortho intramolecular Hbond substituents is 1. The Labute approximate surface area is 185 Å². The Kier molecular flexibility index (Phi) is 7.86. The van der Waals surface area contributed by atoms with Crippen LogP contribution in [0.25, 0.3) is 6.08 Å². The highest BCUT2D eigenvalue weighted by Crippen LogP contribution is 2.39. The van der Waals surface area contributed by atoms with E-state index in [2.05, 4.69) is 80.6 Å². The minimum absolute atomic E-state index is 0.0569. The van der Waals surface area contributed by atoms with E-state index in [0.29, 0.717) is 5.75 Å². The molecular weight excluding hydrogens is 420 g/mol. The SMILES string of the molecule is CCN(CC)c1ccc(C=CC2=[N+](C)c3ccccc3C2(C)C)c(O)c1.[O-][Cl+3]([O-])([O-])[O-]. The van der Waals surface area contributed by atoms with E-state index in [0.717, 1.165) is 24.3 Å². The fourth-order valence-electron chi connectivity index (χ4n) is 3.93. The highest BCUT2D eigenvalue weighted by molar-refractivity contribution is 6.05. The van der Waals surface area contributed by atoms with Crippen molar-refractivity contribution in [2.24, 2.45) is 0 Å². The van der Waals surface area contributed by atoms with E-state index in [9.17, 15) is 5.11 Å². The Morgan fingerprint density at radius 3 is 2.10 bits per heavy atom. The molecule has 2 aromatic rings. The number of rotatable bonds is 5. The van der Waals surface area contributed by atoms with Gasteiger partial charge in [-0.05, 0) is 45.9 Å². The van der Waals surface area contributed by atoms with E-state index >= 15 is 0 Å². The van der Waals surface area contributed by atoms with Crippen molar-refractivity contribution < 1.29 is 38.6 Å². The van der Waals surface area contributed by atoms with Crippen molar-refractivity contribution in [2.45, 2.75) is 33.1 Å². The molecule has 0 spiro atoms. The second-order valence-electron chi connectivity index (χ2n) is 7.71. The summed E-state index contributed by atoms with van der Waals surface area (Å²) in [5, 5.41) is 10.5. The first-order valence-electron chi connectivity index (χ1n) is 9.98. The second kappa shape index (κ2) is 9.80. The van der Waals surface area contributed by atoms with Crippen LogP contribution < -0.4 is 23.5 Å². The van der Waals surface area contributed by atoms with E-state index in [-0.39, 0.29) is 5.41 Å². The fraction of sp³-hybridized carbons (Fsp3) is 0.348. The molecule has 0 saturated heterocycles. The molecule has 168 valence electrons. The molecule has 2 aromatic carbocycles. The topological polar surface area (TPSA) is 119 Å². The summed E-state index contributed by atoms with van der Waals surface area (Å²) in [6.07, 6.45) is 4.15. The number of para-hydroxylation sites is 1. The largest absolute Gasteiger partial charge is 0.507 e. The third kappa shape index (κ3) is 6.06. The molecule has 0 radical (unpaired) electrons. The van der Waals surface area contributed by atoms with Crippen molar-refractivity contribution in [3.05, 3.63) is 59.7 Å². The molecular formula is C23H29ClN2O5. The summed E-state index contributed by atoms with van der Waals surface area (Å²) in [7, 11) is -2.84. The first-order chi connectivity index (χ1) is 14.4. The molecule has 3 rings (SSSR count). The number of hydrogen-bond acceptors (Lipinski definition) is 6. The van der Waals surface area contributed by atoms with Crippen LogP contribution in [0.3, 0.4) is 0 Å². The maximum Gasteiger partial charge on any atom is 0.209 e. The Hall–Kier alpha value is -2.42. The predicted molar refractivity (Wildman–Crippen MR) is 111 cm³/mol. The average Bonchev–Trinajstić information content (AvgIpc) is 2.87. The van der Waals surface area contributed by atoms with Gasteiger partial charge in [-0.3, -0.25) is 0 Å². The number of fused-ring (bicyclic) bond motifs is 1. The van der Waals surface area contributed by atoms with Crippen molar-refractivity contribution in [3.8, 4) is 5.75 Å². The number of aromatic hydroxyl groups is 1. The molecule has 0 unspecified atom stereocenters. The summed E-state index contributed by atoms with van der Waals surface area (Å²) in [6.45, 7) is 10.6. The highest BCUT2D eigenvalue weighted by Gasteiger charge is 2.42. The van der Waals surface area contributed by atoms with Gasteiger partial charge in [0.25, 0.3) is 0 Å². The van der Waals surface area contributed by atoms with Gasteiger partial charge >= 0.3 is 0 Å². The van der Waals surface area contributed by atoms with Crippen LogP contribution in [-0.4, -0.2) is 35.5 Å². The molecule has 1 heterocycles. The summed E-state index contributed by atoms with van der Waals surface area (Å²) < 4.78 is 36.2. The molecule has 0 amide bonds. The van der Waals surface area contributed by atoms with Gasteiger partial charge in [-0.25, -0.2) is 18.6 Å². The number of halogens is 1. The van der Waals surface area contributed by atoms with Gasteiger partial charge in [-0.2, -0.15) is 4.58 Å². The summed E-state index contributed by atoms with van der Waals surface area (Å²) in [5.41, 5.74) is 5.66. The maximum atomic E-state index is 10.5. The van der Waals surface area contributed by atoms with Crippen LogP contribution in [0, 0.1) is 10.2 Å². The molecule has 7 nitrogen and oxygen atoms in total. The minimum atomic E-state index is -4.94. The second-order valence-corrected chi connectivity index (χ2v) is 8.47. The molecule has 31 heavy (non-hydrogen) atoms. The van der Waals surface area contributed by atoms with E-state index in [1.807, 2.05) is 18.2 Å². The molecule has 1 N–H and O–H groups in total. The van der Waals surface area contributed by atoms with Crippen LogP contribution >= 0.6 is 0 Å². The molecule has 8 heteroatoms. The minimum Gasteiger partial charge on any atom is -0.507 e. The first kappa shape index (κ1) is 24.8. The zero-order valence-corrected chi connectivity index (χ0v) is 19.2. The van der Waals surface area contributed by atoms with Gasteiger partial charge in [0, 0.05) is 48.1 Å². The Balaban J connectivity index is 0.000000614. The summed E-state index contributed by atoms with van der Waals surface area (Å²) in [4.78, 5) is 2.23. The number of allylic oxidation sites excluding steroid dienone is 1.